The van der Waals surface area contributed by atoms with Crippen LogP contribution < -0.4 is 4.74 Å². The molecule has 2 aromatic carbocycles. The molecule has 3 rings (SSSR count). The van der Waals surface area contributed by atoms with Gasteiger partial charge >= 0.3 is 0 Å². The largest absolute Gasteiger partial charge is 0.486 e. The molecule has 1 aromatic heterocycles. The Morgan fingerprint density at radius 1 is 1.10 bits per heavy atom. The first kappa shape index (κ1) is 12.3. The second kappa shape index (κ2) is 5.48. The lowest BCUT2D eigenvalue weighted by Crippen LogP contribution is -1.97. The number of rotatable bonds is 4. The Morgan fingerprint density at radius 3 is 2.65 bits per heavy atom. The Hall–Kier alpha value is -2.76. The topological polar surface area (TPSA) is 63.7 Å². The van der Waals surface area contributed by atoms with E-state index >= 15 is 0 Å². The number of H-pyrrole nitrogens is 1. The highest BCUT2D eigenvalue weighted by atomic mass is 19.1. The zero-order chi connectivity index (χ0) is 13.8. The van der Waals surface area contributed by atoms with E-state index in [9.17, 15) is 4.39 Å². The summed E-state index contributed by atoms with van der Waals surface area (Å²) >= 11 is 0. The smallest absolute Gasteiger partial charge is 0.179 e. The minimum Gasteiger partial charge on any atom is -0.486 e. The van der Waals surface area contributed by atoms with E-state index < -0.39 is 5.82 Å². The van der Waals surface area contributed by atoms with E-state index in [2.05, 4.69) is 20.6 Å². The van der Waals surface area contributed by atoms with Crippen molar-refractivity contribution in [2.45, 2.75) is 6.61 Å². The van der Waals surface area contributed by atoms with Crippen molar-refractivity contribution in [2.75, 3.05) is 0 Å². The van der Waals surface area contributed by atoms with Crippen molar-refractivity contribution in [3.8, 4) is 17.1 Å². The molecule has 0 atom stereocenters. The van der Waals surface area contributed by atoms with Crippen LogP contribution in [0.15, 0.2) is 48.5 Å². The van der Waals surface area contributed by atoms with Gasteiger partial charge in [-0.3, -0.25) is 0 Å². The summed E-state index contributed by atoms with van der Waals surface area (Å²) in [4.78, 5) is 0. The number of hydrogen-bond donors (Lipinski definition) is 1. The number of nitrogens with one attached hydrogen (secondary N) is 1. The van der Waals surface area contributed by atoms with Crippen LogP contribution in [0, 0.1) is 5.82 Å². The summed E-state index contributed by atoms with van der Waals surface area (Å²) in [7, 11) is 0. The highest BCUT2D eigenvalue weighted by molar-refractivity contribution is 5.55. The van der Waals surface area contributed by atoms with Crippen molar-refractivity contribution in [1.29, 1.82) is 0 Å². The Balaban J connectivity index is 1.75. The molecule has 1 heterocycles. The minimum absolute atomic E-state index is 0.199. The predicted molar refractivity (Wildman–Crippen MR) is 70.3 cm³/mol. The van der Waals surface area contributed by atoms with Gasteiger partial charge in [-0.15, -0.1) is 5.10 Å². The third kappa shape index (κ3) is 2.64. The van der Waals surface area contributed by atoms with E-state index in [1.165, 1.54) is 6.07 Å². The summed E-state index contributed by atoms with van der Waals surface area (Å²) in [5, 5.41) is 13.2. The molecule has 0 saturated heterocycles. The van der Waals surface area contributed by atoms with Crippen molar-refractivity contribution in [1.82, 2.24) is 20.6 Å². The van der Waals surface area contributed by atoms with E-state index in [4.69, 9.17) is 4.74 Å². The third-order valence-corrected chi connectivity index (χ3v) is 2.79. The molecular formula is C14H11FN4O. The standard InChI is InChI=1S/C14H11FN4O/c15-12-8-11(14-16-18-19-17-14)6-7-13(12)20-9-10-4-2-1-3-5-10/h1-8H,9H2,(H,16,17,18,19). The Bertz CT molecular complexity index is 686. The van der Waals surface area contributed by atoms with Crippen LogP contribution in [0.25, 0.3) is 11.4 Å². The van der Waals surface area contributed by atoms with Gasteiger partial charge < -0.3 is 4.74 Å². The van der Waals surface area contributed by atoms with Gasteiger partial charge in [0.15, 0.2) is 17.4 Å². The zero-order valence-electron chi connectivity index (χ0n) is 10.5. The Morgan fingerprint density at radius 2 is 1.95 bits per heavy atom. The van der Waals surface area contributed by atoms with Gasteiger partial charge in [0.25, 0.3) is 0 Å². The molecule has 100 valence electrons. The van der Waals surface area contributed by atoms with E-state index in [-0.39, 0.29) is 5.75 Å². The second-order valence-corrected chi connectivity index (χ2v) is 4.17. The summed E-state index contributed by atoms with van der Waals surface area (Å²) in [6.45, 7) is 0.320. The summed E-state index contributed by atoms with van der Waals surface area (Å²) in [6, 6.07) is 14.2. The molecule has 20 heavy (non-hydrogen) atoms. The molecule has 0 aliphatic carbocycles. The quantitative estimate of drug-likeness (QED) is 0.791. The second-order valence-electron chi connectivity index (χ2n) is 4.17. The normalized spacial score (nSPS) is 10.4. The fourth-order valence-electron chi connectivity index (χ4n) is 1.78. The van der Waals surface area contributed by atoms with Gasteiger partial charge in [0, 0.05) is 5.56 Å². The van der Waals surface area contributed by atoms with Crippen molar-refractivity contribution in [3.05, 3.63) is 59.9 Å². The molecule has 0 fully saturated rings. The first-order valence-electron chi connectivity index (χ1n) is 6.03. The fraction of sp³-hybridized carbons (Fsp3) is 0.0714. The number of aromatic amines is 1. The van der Waals surface area contributed by atoms with Gasteiger partial charge in [-0.05, 0) is 34.2 Å². The SMILES string of the molecule is Fc1cc(-c2nnn[nH]2)ccc1OCc1ccccc1. The van der Waals surface area contributed by atoms with E-state index in [1.807, 2.05) is 30.3 Å². The molecule has 0 saturated carbocycles. The molecule has 0 spiro atoms. The maximum Gasteiger partial charge on any atom is 0.179 e. The maximum absolute atomic E-state index is 13.9. The van der Waals surface area contributed by atoms with Crippen LogP contribution in [0.4, 0.5) is 4.39 Å². The van der Waals surface area contributed by atoms with Crippen LogP contribution in [-0.4, -0.2) is 20.6 Å². The average molecular weight is 270 g/mol. The summed E-state index contributed by atoms with van der Waals surface area (Å²) in [5.41, 5.74) is 1.55. The molecule has 0 radical (unpaired) electrons. The molecule has 5 nitrogen and oxygen atoms in total. The van der Waals surface area contributed by atoms with Gasteiger partial charge in [-0.2, -0.15) is 0 Å². The number of nitrogens with zero attached hydrogens (tertiary/aromatic N) is 3. The molecule has 6 heteroatoms. The van der Waals surface area contributed by atoms with Crippen LogP contribution in [0.1, 0.15) is 5.56 Å². The van der Waals surface area contributed by atoms with Gasteiger partial charge in [-0.1, -0.05) is 30.3 Å². The molecular weight excluding hydrogens is 259 g/mol. The van der Waals surface area contributed by atoms with Crippen molar-refractivity contribution < 1.29 is 9.13 Å². The number of halogens is 1. The van der Waals surface area contributed by atoms with Crippen molar-refractivity contribution in [3.63, 3.8) is 0 Å². The molecule has 3 aromatic rings. The average Bonchev–Trinajstić information content (AvgIpc) is 3.01. The van der Waals surface area contributed by atoms with E-state index in [1.54, 1.807) is 12.1 Å². The number of aromatic nitrogens is 4. The van der Waals surface area contributed by atoms with E-state index in [0.717, 1.165) is 5.56 Å². The molecule has 0 unspecified atom stereocenters. The lowest BCUT2D eigenvalue weighted by molar-refractivity contribution is 0.290. The van der Waals surface area contributed by atoms with Crippen LogP contribution in [0.2, 0.25) is 0 Å². The Kier molecular flexibility index (Phi) is 3.36. The monoisotopic (exact) mass is 270 g/mol. The maximum atomic E-state index is 13.9. The lowest BCUT2D eigenvalue weighted by Gasteiger charge is -2.08. The highest BCUT2D eigenvalue weighted by Gasteiger charge is 2.08. The summed E-state index contributed by atoms with van der Waals surface area (Å²) < 4.78 is 19.4. The lowest BCUT2D eigenvalue weighted by atomic mass is 10.2. The summed E-state index contributed by atoms with van der Waals surface area (Å²) in [6.07, 6.45) is 0. The first-order valence-corrected chi connectivity index (χ1v) is 6.03. The van der Waals surface area contributed by atoms with Crippen LogP contribution in [0.5, 0.6) is 5.75 Å². The van der Waals surface area contributed by atoms with E-state index in [0.29, 0.717) is 18.0 Å². The fourth-order valence-corrected chi connectivity index (χ4v) is 1.78. The summed E-state index contributed by atoms with van der Waals surface area (Å²) in [5.74, 6) is 0.165. The number of ether oxygens (including phenoxy) is 1. The molecule has 0 amide bonds. The molecule has 1 N–H and O–H groups in total. The number of hydrogen-bond acceptors (Lipinski definition) is 4. The highest BCUT2D eigenvalue weighted by Crippen LogP contribution is 2.23. The third-order valence-electron chi connectivity index (χ3n) is 2.79. The van der Waals surface area contributed by atoms with Crippen LogP contribution in [0.3, 0.4) is 0 Å². The first-order chi connectivity index (χ1) is 9.83. The number of tetrazole rings is 1. The van der Waals surface area contributed by atoms with Crippen LogP contribution >= 0.6 is 0 Å². The zero-order valence-corrected chi connectivity index (χ0v) is 10.5. The van der Waals surface area contributed by atoms with Crippen molar-refractivity contribution >= 4 is 0 Å². The van der Waals surface area contributed by atoms with Gasteiger partial charge in [-0.25, -0.2) is 9.49 Å². The van der Waals surface area contributed by atoms with Crippen molar-refractivity contribution in [2.24, 2.45) is 0 Å². The van der Waals surface area contributed by atoms with Gasteiger partial charge in [0.05, 0.1) is 0 Å². The van der Waals surface area contributed by atoms with Crippen LogP contribution in [-0.2, 0) is 6.61 Å². The Labute approximate surface area is 114 Å². The minimum atomic E-state index is -0.449. The van der Waals surface area contributed by atoms with Gasteiger partial charge in [0.2, 0.25) is 0 Å². The molecule has 0 aliphatic rings. The molecule has 0 aliphatic heterocycles. The van der Waals surface area contributed by atoms with Gasteiger partial charge in [0.1, 0.15) is 6.61 Å². The predicted octanol–water partition coefficient (Wildman–Crippen LogP) is 2.58. The molecule has 0 bridgehead atoms. The number of benzene rings is 2.